The Morgan fingerprint density at radius 2 is 2.08 bits per heavy atom. The third-order valence-electron chi connectivity index (χ3n) is 4.76. The quantitative estimate of drug-likeness (QED) is 0.780. The second-order valence-corrected chi connectivity index (χ2v) is 6.52. The number of imidazole rings is 1. The van der Waals surface area contributed by atoms with Gasteiger partial charge in [0.25, 0.3) is 5.56 Å². The van der Waals surface area contributed by atoms with E-state index in [4.69, 9.17) is 0 Å². The Hall–Kier alpha value is -3.22. The van der Waals surface area contributed by atoms with E-state index in [2.05, 4.69) is 15.4 Å². The number of nitrogens with zero attached hydrogens (tertiary/aromatic N) is 4. The molecule has 0 spiro atoms. The van der Waals surface area contributed by atoms with E-state index in [1.807, 2.05) is 35.0 Å². The summed E-state index contributed by atoms with van der Waals surface area (Å²) >= 11 is 0. The number of carbonyl (C=O) groups is 1. The molecule has 1 atom stereocenters. The van der Waals surface area contributed by atoms with Gasteiger partial charge in [-0.3, -0.25) is 9.59 Å². The third-order valence-corrected chi connectivity index (χ3v) is 4.76. The Morgan fingerprint density at radius 1 is 1.27 bits per heavy atom. The lowest BCUT2D eigenvalue weighted by Gasteiger charge is -2.23. The number of nitrogens with one attached hydrogen (secondary N) is 1. The van der Waals surface area contributed by atoms with Crippen molar-refractivity contribution in [3.05, 3.63) is 70.7 Å². The number of aromatic nitrogens is 4. The zero-order valence-corrected chi connectivity index (χ0v) is 14.4. The minimum Gasteiger partial charge on any atom is -0.326 e. The van der Waals surface area contributed by atoms with Crippen molar-refractivity contribution in [1.82, 2.24) is 19.3 Å². The van der Waals surface area contributed by atoms with Gasteiger partial charge in [-0.05, 0) is 49.1 Å². The highest BCUT2D eigenvalue weighted by Crippen LogP contribution is 2.24. The number of anilines is 1. The SMILES string of the molecule is Cn1nc2c(cc1=O)C[C@H](C(=O)Nc1ccc(-n3ccnc3)cc1)CC2. The van der Waals surface area contributed by atoms with Gasteiger partial charge in [-0.15, -0.1) is 0 Å². The first-order valence-electron chi connectivity index (χ1n) is 8.55. The van der Waals surface area contributed by atoms with Crippen molar-refractivity contribution >= 4 is 11.6 Å². The van der Waals surface area contributed by atoms with E-state index in [1.165, 1.54) is 4.68 Å². The lowest BCUT2D eigenvalue weighted by atomic mass is 9.86. The first kappa shape index (κ1) is 16.3. The molecule has 0 saturated carbocycles. The second-order valence-electron chi connectivity index (χ2n) is 6.52. The fraction of sp³-hybridized carbons (Fsp3) is 0.263. The minimum absolute atomic E-state index is 0.0216. The van der Waals surface area contributed by atoms with Gasteiger partial charge in [0.05, 0.1) is 12.0 Å². The maximum absolute atomic E-state index is 12.6. The number of hydrogen-bond donors (Lipinski definition) is 1. The van der Waals surface area contributed by atoms with Gasteiger partial charge in [-0.2, -0.15) is 5.10 Å². The van der Waals surface area contributed by atoms with Gasteiger partial charge in [-0.1, -0.05) is 0 Å². The summed E-state index contributed by atoms with van der Waals surface area (Å²) in [4.78, 5) is 28.4. The second kappa shape index (κ2) is 6.59. The Labute approximate surface area is 150 Å². The number of rotatable bonds is 3. The molecular formula is C19H19N5O2. The molecule has 7 heteroatoms. The van der Waals surface area contributed by atoms with Gasteiger partial charge < -0.3 is 9.88 Å². The molecule has 1 aromatic carbocycles. The van der Waals surface area contributed by atoms with E-state index in [9.17, 15) is 9.59 Å². The van der Waals surface area contributed by atoms with E-state index in [0.717, 1.165) is 29.1 Å². The molecule has 0 bridgehead atoms. The van der Waals surface area contributed by atoms with Crippen LogP contribution in [0.2, 0.25) is 0 Å². The third kappa shape index (κ3) is 3.15. The van der Waals surface area contributed by atoms with Crippen LogP contribution in [0.4, 0.5) is 5.69 Å². The van der Waals surface area contributed by atoms with Gasteiger partial charge >= 0.3 is 0 Å². The topological polar surface area (TPSA) is 81.8 Å². The zero-order chi connectivity index (χ0) is 18.1. The molecule has 4 rings (SSSR count). The molecule has 0 aliphatic heterocycles. The van der Waals surface area contributed by atoms with Crippen LogP contribution in [0.25, 0.3) is 5.69 Å². The first-order chi connectivity index (χ1) is 12.6. The van der Waals surface area contributed by atoms with Gasteiger partial charge in [0, 0.05) is 42.8 Å². The van der Waals surface area contributed by atoms with Crippen molar-refractivity contribution in [1.29, 1.82) is 0 Å². The number of carbonyl (C=O) groups excluding carboxylic acids is 1. The van der Waals surface area contributed by atoms with E-state index < -0.39 is 0 Å². The highest BCUT2D eigenvalue weighted by atomic mass is 16.2. The van der Waals surface area contributed by atoms with Crippen LogP contribution in [-0.2, 0) is 24.7 Å². The highest BCUT2D eigenvalue weighted by Gasteiger charge is 2.26. The first-order valence-corrected chi connectivity index (χ1v) is 8.55. The van der Waals surface area contributed by atoms with E-state index >= 15 is 0 Å². The maximum atomic E-state index is 12.6. The minimum atomic E-state index is -0.148. The fourth-order valence-electron chi connectivity index (χ4n) is 3.28. The number of aryl methyl sites for hydroxylation is 2. The summed E-state index contributed by atoms with van der Waals surface area (Å²) in [5.74, 6) is -0.170. The summed E-state index contributed by atoms with van der Waals surface area (Å²) in [6.07, 6.45) is 7.31. The average Bonchev–Trinajstić information content (AvgIpc) is 3.17. The molecule has 1 aliphatic rings. The Bertz CT molecular complexity index is 990. The fourth-order valence-corrected chi connectivity index (χ4v) is 3.28. The molecule has 0 fully saturated rings. The molecule has 7 nitrogen and oxygen atoms in total. The van der Waals surface area contributed by atoms with Gasteiger partial charge in [0.1, 0.15) is 0 Å². The Morgan fingerprint density at radius 3 is 2.81 bits per heavy atom. The number of benzene rings is 1. The van der Waals surface area contributed by atoms with Gasteiger partial charge in [-0.25, -0.2) is 9.67 Å². The molecule has 0 saturated heterocycles. The molecule has 26 heavy (non-hydrogen) atoms. The molecule has 3 aromatic rings. The van der Waals surface area contributed by atoms with E-state index in [-0.39, 0.29) is 17.4 Å². The average molecular weight is 349 g/mol. The Balaban J connectivity index is 1.45. The summed E-state index contributed by atoms with van der Waals surface area (Å²) in [6.45, 7) is 0. The number of fused-ring (bicyclic) bond motifs is 1. The molecule has 132 valence electrons. The predicted molar refractivity (Wildman–Crippen MR) is 97.2 cm³/mol. The highest BCUT2D eigenvalue weighted by molar-refractivity contribution is 5.93. The van der Waals surface area contributed by atoms with Crippen molar-refractivity contribution in [2.45, 2.75) is 19.3 Å². The summed E-state index contributed by atoms with van der Waals surface area (Å²) in [7, 11) is 1.65. The van der Waals surface area contributed by atoms with Gasteiger partial charge in [0.15, 0.2) is 0 Å². The summed E-state index contributed by atoms with van der Waals surface area (Å²) in [5.41, 5.74) is 3.40. The van der Waals surface area contributed by atoms with Crippen molar-refractivity contribution in [2.75, 3.05) is 5.32 Å². The maximum Gasteiger partial charge on any atom is 0.266 e. The molecule has 0 unspecified atom stereocenters. The van der Waals surface area contributed by atoms with Crippen LogP contribution in [-0.4, -0.2) is 25.2 Å². The normalized spacial score (nSPS) is 16.1. The number of hydrogen-bond acceptors (Lipinski definition) is 4. The lowest BCUT2D eigenvalue weighted by Crippen LogP contribution is -2.31. The molecule has 2 heterocycles. The van der Waals surface area contributed by atoms with Crippen LogP contribution in [0.15, 0.2) is 53.8 Å². The van der Waals surface area contributed by atoms with Crippen LogP contribution in [0, 0.1) is 5.92 Å². The molecule has 1 amide bonds. The van der Waals surface area contributed by atoms with E-state index in [0.29, 0.717) is 12.8 Å². The van der Waals surface area contributed by atoms with Crippen LogP contribution in [0.5, 0.6) is 0 Å². The van der Waals surface area contributed by atoms with E-state index in [1.54, 1.807) is 25.6 Å². The number of amides is 1. The summed E-state index contributed by atoms with van der Waals surface area (Å²) in [5, 5.41) is 7.26. The zero-order valence-electron chi connectivity index (χ0n) is 14.4. The van der Waals surface area contributed by atoms with Crippen LogP contribution < -0.4 is 10.9 Å². The lowest BCUT2D eigenvalue weighted by molar-refractivity contribution is -0.120. The van der Waals surface area contributed by atoms with Crippen LogP contribution in [0.1, 0.15) is 17.7 Å². The standard InChI is InChI=1S/C19H19N5O2/c1-23-18(25)11-14-10-13(2-7-17(14)22-23)19(26)21-15-3-5-16(6-4-15)24-9-8-20-12-24/h3-6,8-9,11-13H,2,7,10H2,1H3,(H,21,26)/t13-/m1/s1. The molecule has 1 N–H and O–H groups in total. The van der Waals surface area contributed by atoms with Crippen molar-refractivity contribution in [2.24, 2.45) is 13.0 Å². The van der Waals surface area contributed by atoms with Crippen molar-refractivity contribution < 1.29 is 4.79 Å². The van der Waals surface area contributed by atoms with Crippen molar-refractivity contribution in [3.63, 3.8) is 0 Å². The van der Waals surface area contributed by atoms with Crippen molar-refractivity contribution in [3.8, 4) is 5.69 Å². The van der Waals surface area contributed by atoms with Crippen LogP contribution >= 0.6 is 0 Å². The smallest absolute Gasteiger partial charge is 0.266 e. The monoisotopic (exact) mass is 349 g/mol. The Kier molecular flexibility index (Phi) is 4.12. The molecular weight excluding hydrogens is 330 g/mol. The van der Waals surface area contributed by atoms with Gasteiger partial charge in [0.2, 0.25) is 5.91 Å². The summed E-state index contributed by atoms with van der Waals surface area (Å²) < 4.78 is 3.25. The molecule has 2 aromatic heterocycles. The van der Waals surface area contributed by atoms with Crippen LogP contribution in [0.3, 0.4) is 0 Å². The summed E-state index contributed by atoms with van der Waals surface area (Å²) in [6, 6.07) is 9.21. The molecule has 0 radical (unpaired) electrons. The predicted octanol–water partition coefficient (Wildman–Crippen LogP) is 1.71. The molecule has 1 aliphatic carbocycles. The largest absolute Gasteiger partial charge is 0.326 e.